The highest BCUT2D eigenvalue weighted by molar-refractivity contribution is 5.88. The van der Waals surface area contributed by atoms with Gasteiger partial charge in [-0.1, -0.05) is 24.0 Å². The van der Waals surface area contributed by atoms with Crippen LogP contribution in [-0.4, -0.2) is 21.1 Å². The van der Waals surface area contributed by atoms with E-state index in [-0.39, 0.29) is 22.6 Å². The summed E-state index contributed by atoms with van der Waals surface area (Å²) in [5.41, 5.74) is -0.110. The van der Waals surface area contributed by atoms with Gasteiger partial charge in [-0.05, 0) is 24.3 Å². The van der Waals surface area contributed by atoms with Crippen molar-refractivity contribution in [1.82, 2.24) is 0 Å². The van der Waals surface area contributed by atoms with E-state index in [2.05, 4.69) is 11.8 Å². The molecule has 0 radical (unpaired) electrons. The van der Waals surface area contributed by atoms with Crippen LogP contribution in [0.2, 0.25) is 0 Å². The van der Waals surface area contributed by atoms with Gasteiger partial charge in [0.2, 0.25) is 0 Å². The normalized spacial score (nSPS) is 9.52. The van der Waals surface area contributed by atoms with Gasteiger partial charge in [0.15, 0.2) is 0 Å². The minimum absolute atomic E-state index is 0.0249. The van der Waals surface area contributed by atoms with Gasteiger partial charge in [-0.15, -0.1) is 0 Å². The van der Waals surface area contributed by atoms with Crippen LogP contribution in [0, 0.1) is 22.0 Å². The third-order valence-corrected chi connectivity index (χ3v) is 2.68. The van der Waals surface area contributed by atoms with Gasteiger partial charge in [0.1, 0.15) is 11.3 Å². The number of para-hydroxylation sites is 1. The number of phenols is 1. The third kappa shape index (κ3) is 3.16. The fourth-order valence-corrected chi connectivity index (χ4v) is 1.64. The highest BCUT2D eigenvalue weighted by atomic mass is 16.6. The lowest BCUT2D eigenvalue weighted by Gasteiger charge is -1.98. The molecule has 21 heavy (non-hydrogen) atoms. The van der Waals surface area contributed by atoms with E-state index in [0.29, 0.717) is 5.56 Å². The van der Waals surface area contributed by atoms with Crippen molar-refractivity contribution in [2.24, 2.45) is 0 Å². The first-order valence-corrected chi connectivity index (χ1v) is 5.81. The van der Waals surface area contributed by atoms with Crippen molar-refractivity contribution in [3.8, 4) is 17.6 Å². The van der Waals surface area contributed by atoms with E-state index in [0.717, 1.165) is 18.2 Å². The number of nitro benzene ring substituents is 1. The second kappa shape index (κ2) is 5.75. The molecule has 0 unspecified atom stereocenters. The lowest BCUT2D eigenvalue weighted by molar-refractivity contribution is -0.385. The van der Waals surface area contributed by atoms with Crippen LogP contribution in [0.25, 0.3) is 0 Å². The van der Waals surface area contributed by atoms with E-state index in [4.69, 9.17) is 5.11 Å². The summed E-state index contributed by atoms with van der Waals surface area (Å²) in [6.07, 6.45) is 0. The zero-order valence-corrected chi connectivity index (χ0v) is 10.6. The van der Waals surface area contributed by atoms with Crippen molar-refractivity contribution >= 4 is 11.7 Å². The lowest BCUT2D eigenvalue weighted by Crippen LogP contribution is -1.99. The Morgan fingerprint density at radius 3 is 2.38 bits per heavy atom. The standard InChI is InChI=1S/C15H9NO5/c17-14-4-2-1-3-10(14)5-6-11-9-12(15(18)19)7-8-13(11)16(20)21/h1-4,7-9,17H,(H,18,19). The summed E-state index contributed by atoms with van der Waals surface area (Å²) in [6, 6.07) is 9.64. The summed E-state index contributed by atoms with van der Waals surface area (Å²) in [5, 5.41) is 29.4. The summed E-state index contributed by atoms with van der Waals surface area (Å²) in [6.45, 7) is 0. The fourth-order valence-electron chi connectivity index (χ4n) is 1.64. The second-order valence-corrected chi connectivity index (χ2v) is 4.06. The number of carboxylic acids is 1. The van der Waals surface area contributed by atoms with Crippen molar-refractivity contribution in [2.45, 2.75) is 0 Å². The highest BCUT2D eigenvalue weighted by Gasteiger charge is 2.15. The molecule has 2 rings (SSSR count). The molecule has 0 bridgehead atoms. The zero-order chi connectivity index (χ0) is 15.4. The maximum Gasteiger partial charge on any atom is 0.335 e. The molecule has 2 aromatic carbocycles. The molecule has 0 aliphatic heterocycles. The van der Waals surface area contributed by atoms with Crippen LogP contribution < -0.4 is 0 Å². The Kier molecular flexibility index (Phi) is 3.86. The molecule has 6 nitrogen and oxygen atoms in total. The van der Waals surface area contributed by atoms with Crippen molar-refractivity contribution in [2.75, 3.05) is 0 Å². The van der Waals surface area contributed by atoms with E-state index >= 15 is 0 Å². The van der Waals surface area contributed by atoms with Gasteiger partial charge in [0, 0.05) is 6.07 Å². The molecular weight excluding hydrogens is 274 g/mol. The maximum atomic E-state index is 10.9. The average Bonchev–Trinajstić information content (AvgIpc) is 2.46. The van der Waals surface area contributed by atoms with Crippen LogP contribution in [0.4, 0.5) is 5.69 Å². The number of nitrogens with zero attached hydrogens (tertiary/aromatic N) is 1. The Hall–Kier alpha value is -3.33. The molecule has 0 aliphatic carbocycles. The number of aromatic hydroxyl groups is 1. The van der Waals surface area contributed by atoms with Crippen LogP contribution in [0.3, 0.4) is 0 Å². The Labute approximate surface area is 119 Å². The zero-order valence-electron chi connectivity index (χ0n) is 10.6. The van der Waals surface area contributed by atoms with Crippen molar-refractivity contribution in [1.29, 1.82) is 0 Å². The van der Waals surface area contributed by atoms with Crippen molar-refractivity contribution in [3.63, 3.8) is 0 Å². The van der Waals surface area contributed by atoms with E-state index in [1.165, 1.54) is 6.07 Å². The topological polar surface area (TPSA) is 101 Å². The minimum atomic E-state index is -1.20. The number of aromatic carboxylic acids is 1. The van der Waals surface area contributed by atoms with Crippen LogP contribution in [-0.2, 0) is 0 Å². The number of hydrogen-bond acceptors (Lipinski definition) is 4. The minimum Gasteiger partial charge on any atom is -0.507 e. The predicted molar refractivity (Wildman–Crippen MR) is 74.1 cm³/mol. The number of benzene rings is 2. The summed E-state index contributed by atoms with van der Waals surface area (Å²) in [4.78, 5) is 21.2. The monoisotopic (exact) mass is 283 g/mol. The second-order valence-electron chi connectivity index (χ2n) is 4.06. The number of nitro groups is 1. The molecule has 0 fully saturated rings. The summed E-state index contributed by atoms with van der Waals surface area (Å²) >= 11 is 0. The number of hydrogen-bond donors (Lipinski definition) is 2. The molecule has 0 saturated heterocycles. The molecule has 0 amide bonds. The van der Waals surface area contributed by atoms with Crippen molar-refractivity contribution < 1.29 is 19.9 Å². The quantitative estimate of drug-likeness (QED) is 0.500. The van der Waals surface area contributed by atoms with Gasteiger partial charge in [0.05, 0.1) is 16.1 Å². The van der Waals surface area contributed by atoms with Gasteiger partial charge in [-0.3, -0.25) is 10.1 Å². The van der Waals surface area contributed by atoms with Gasteiger partial charge in [-0.2, -0.15) is 0 Å². The first-order chi connectivity index (χ1) is 9.99. The molecule has 0 aliphatic rings. The summed E-state index contributed by atoms with van der Waals surface area (Å²) in [5.74, 6) is 3.87. The predicted octanol–water partition coefficient (Wildman–Crippen LogP) is 2.40. The van der Waals surface area contributed by atoms with Gasteiger partial charge < -0.3 is 10.2 Å². The maximum absolute atomic E-state index is 10.9. The summed E-state index contributed by atoms with van der Waals surface area (Å²) in [7, 11) is 0. The van der Waals surface area contributed by atoms with Crippen LogP contribution in [0.5, 0.6) is 5.75 Å². The molecule has 0 heterocycles. The van der Waals surface area contributed by atoms with Crippen molar-refractivity contribution in [3.05, 3.63) is 69.3 Å². The molecule has 0 saturated carbocycles. The number of phenolic OH excluding ortho intramolecular Hbond substituents is 1. The van der Waals surface area contributed by atoms with Gasteiger partial charge in [-0.25, -0.2) is 4.79 Å². The molecule has 0 aromatic heterocycles. The molecular formula is C15H9NO5. The van der Waals surface area contributed by atoms with Crippen LogP contribution in [0.15, 0.2) is 42.5 Å². The largest absolute Gasteiger partial charge is 0.507 e. The fraction of sp³-hybridized carbons (Fsp3) is 0. The molecule has 2 aromatic rings. The highest BCUT2D eigenvalue weighted by Crippen LogP contribution is 2.20. The number of carboxylic acid groups (broad SMARTS) is 1. The van der Waals surface area contributed by atoms with E-state index in [1.54, 1.807) is 18.2 Å². The average molecular weight is 283 g/mol. The molecule has 6 heteroatoms. The SMILES string of the molecule is O=C(O)c1ccc([N+](=O)[O-])c(C#Cc2ccccc2O)c1. The van der Waals surface area contributed by atoms with Gasteiger partial charge in [0.25, 0.3) is 5.69 Å². The van der Waals surface area contributed by atoms with E-state index < -0.39 is 10.9 Å². The summed E-state index contributed by atoms with van der Waals surface area (Å²) < 4.78 is 0. The van der Waals surface area contributed by atoms with E-state index in [9.17, 15) is 20.0 Å². The van der Waals surface area contributed by atoms with E-state index in [1.807, 2.05) is 0 Å². The van der Waals surface area contributed by atoms with Gasteiger partial charge >= 0.3 is 5.97 Å². The Bertz CT molecular complexity index is 786. The molecule has 0 spiro atoms. The molecule has 2 N–H and O–H groups in total. The lowest BCUT2D eigenvalue weighted by atomic mass is 10.1. The smallest absolute Gasteiger partial charge is 0.335 e. The molecule has 0 atom stereocenters. The number of carbonyl (C=O) groups is 1. The Balaban J connectivity index is 2.53. The first kappa shape index (κ1) is 14.1. The third-order valence-electron chi connectivity index (χ3n) is 2.68. The Morgan fingerprint density at radius 2 is 1.76 bits per heavy atom. The first-order valence-electron chi connectivity index (χ1n) is 5.81. The molecule has 104 valence electrons. The Morgan fingerprint density at radius 1 is 1.10 bits per heavy atom. The number of rotatable bonds is 2. The van der Waals surface area contributed by atoms with Crippen LogP contribution in [0.1, 0.15) is 21.5 Å². The van der Waals surface area contributed by atoms with Crippen LogP contribution >= 0.6 is 0 Å².